The van der Waals surface area contributed by atoms with Crippen LogP contribution >= 0.6 is 0 Å². The minimum absolute atomic E-state index is 0.997. The van der Waals surface area contributed by atoms with E-state index in [1.807, 2.05) is 0 Å². The molecule has 112 valence electrons. The van der Waals surface area contributed by atoms with E-state index in [0.29, 0.717) is 0 Å². The smallest absolute Gasteiger partial charge is 0.0411 e. The van der Waals surface area contributed by atoms with Crippen LogP contribution < -0.4 is 0 Å². The molecular weight excluding hydrogens is 228 g/mol. The predicted molar refractivity (Wildman–Crippen MR) is 85.3 cm³/mol. The van der Waals surface area contributed by atoms with Gasteiger partial charge in [0.05, 0.1) is 0 Å². The number of hydrogen-bond acceptors (Lipinski definition) is 0. The molecule has 0 atom stereocenters. The second-order valence-corrected chi connectivity index (χ2v) is 7.90. The predicted octanol–water partition coefficient (Wildman–Crippen LogP) is 6.59. The largest absolute Gasteiger partial charge is 0.0625 e. The summed E-state index contributed by atoms with van der Waals surface area (Å²) in [5.41, 5.74) is 0. The lowest BCUT2D eigenvalue weighted by molar-refractivity contribution is 0.226. The molecule has 0 aliphatic heterocycles. The third kappa shape index (κ3) is 5.88. The lowest BCUT2D eigenvalue weighted by Crippen LogP contribution is -2.16. The summed E-state index contributed by atoms with van der Waals surface area (Å²) in [5.74, 6) is 4.17. The Morgan fingerprint density at radius 1 is 0.526 bits per heavy atom. The SMILES string of the molecule is CC1CCCCC(CC2CCC(C)CC2)CCCC1. The Kier molecular flexibility index (Phi) is 6.74. The van der Waals surface area contributed by atoms with Crippen molar-refractivity contribution in [3.63, 3.8) is 0 Å². The molecule has 2 saturated carbocycles. The van der Waals surface area contributed by atoms with Gasteiger partial charge in [-0.15, -0.1) is 0 Å². The van der Waals surface area contributed by atoms with Crippen LogP contribution in [-0.2, 0) is 0 Å². The van der Waals surface area contributed by atoms with Gasteiger partial charge in [0.15, 0.2) is 0 Å². The summed E-state index contributed by atoms with van der Waals surface area (Å²) in [4.78, 5) is 0. The van der Waals surface area contributed by atoms with E-state index in [9.17, 15) is 0 Å². The molecule has 0 aromatic heterocycles. The zero-order chi connectivity index (χ0) is 13.5. The normalized spacial score (nSPS) is 38.8. The molecule has 2 aliphatic carbocycles. The lowest BCUT2D eigenvalue weighted by atomic mass is 9.76. The van der Waals surface area contributed by atoms with E-state index in [2.05, 4.69) is 13.8 Å². The van der Waals surface area contributed by atoms with Gasteiger partial charge in [-0.3, -0.25) is 0 Å². The van der Waals surface area contributed by atoms with Crippen LogP contribution in [0.5, 0.6) is 0 Å². The average molecular weight is 264 g/mol. The molecule has 0 radical (unpaired) electrons. The molecule has 0 nitrogen and oxygen atoms in total. The minimum Gasteiger partial charge on any atom is -0.0625 e. The van der Waals surface area contributed by atoms with Crippen LogP contribution in [0.4, 0.5) is 0 Å². The van der Waals surface area contributed by atoms with Crippen molar-refractivity contribution in [3.8, 4) is 0 Å². The minimum atomic E-state index is 0.997. The average Bonchev–Trinajstić information content (AvgIpc) is 2.41. The molecule has 0 amide bonds. The zero-order valence-corrected chi connectivity index (χ0v) is 13.5. The molecule has 19 heavy (non-hydrogen) atoms. The maximum Gasteiger partial charge on any atom is -0.0411 e. The molecule has 0 spiro atoms. The van der Waals surface area contributed by atoms with Gasteiger partial charge in [-0.25, -0.2) is 0 Å². The first-order valence-corrected chi connectivity index (χ1v) is 9.24. The summed E-state index contributed by atoms with van der Waals surface area (Å²) < 4.78 is 0. The Morgan fingerprint density at radius 3 is 1.53 bits per heavy atom. The van der Waals surface area contributed by atoms with Crippen LogP contribution in [-0.4, -0.2) is 0 Å². The van der Waals surface area contributed by atoms with Gasteiger partial charge in [-0.1, -0.05) is 90.9 Å². The van der Waals surface area contributed by atoms with Crippen molar-refractivity contribution in [1.29, 1.82) is 0 Å². The van der Waals surface area contributed by atoms with E-state index in [1.54, 1.807) is 19.3 Å². The van der Waals surface area contributed by atoms with Crippen LogP contribution in [0.25, 0.3) is 0 Å². The Bertz CT molecular complexity index is 212. The van der Waals surface area contributed by atoms with Crippen molar-refractivity contribution in [2.45, 2.75) is 97.3 Å². The molecule has 0 saturated heterocycles. The third-order valence-electron chi connectivity index (χ3n) is 5.92. The van der Waals surface area contributed by atoms with E-state index >= 15 is 0 Å². The van der Waals surface area contributed by atoms with E-state index in [4.69, 9.17) is 0 Å². The third-order valence-corrected chi connectivity index (χ3v) is 5.92. The van der Waals surface area contributed by atoms with E-state index in [0.717, 1.165) is 23.7 Å². The first-order chi connectivity index (χ1) is 9.24. The zero-order valence-electron chi connectivity index (χ0n) is 13.5. The molecule has 2 fully saturated rings. The Balaban J connectivity index is 1.71. The Morgan fingerprint density at radius 2 is 0.947 bits per heavy atom. The standard InChI is InChI=1S/C19H36/c1-16-7-3-5-9-18(10-6-4-8-16)15-19-13-11-17(2)12-14-19/h16-19H,3-15H2,1-2H3. The molecule has 0 aromatic rings. The summed E-state index contributed by atoms with van der Waals surface area (Å²) >= 11 is 0. The van der Waals surface area contributed by atoms with E-state index in [-0.39, 0.29) is 0 Å². The maximum absolute atomic E-state index is 2.46. The summed E-state index contributed by atoms with van der Waals surface area (Å²) in [6.45, 7) is 4.91. The molecule has 2 aliphatic rings. The quantitative estimate of drug-likeness (QED) is 0.528. The van der Waals surface area contributed by atoms with Gasteiger partial charge in [-0.05, 0) is 30.1 Å². The second-order valence-electron chi connectivity index (χ2n) is 7.90. The highest BCUT2D eigenvalue weighted by atomic mass is 14.3. The van der Waals surface area contributed by atoms with Gasteiger partial charge >= 0.3 is 0 Å². The number of hydrogen-bond donors (Lipinski definition) is 0. The molecule has 2 rings (SSSR count). The van der Waals surface area contributed by atoms with Gasteiger partial charge < -0.3 is 0 Å². The highest BCUT2D eigenvalue weighted by Gasteiger charge is 2.22. The Labute approximate surface area is 121 Å². The molecule has 0 unspecified atom stereocenters. The van der Waals surface area contributed by atoms with Crippen LogP contribution in [0.3, 0.4) is 0 Å². The monoisotopic (exact) mass is 264 g/mol. The van der Waals surface area contributed by atoms with Crippen molar-refractivity contribution in [2.24, 2.45) is 23.7 Å². The van der Waals surface area contributed by atoms with Crippen molar-refractivity contribution >= 4 is 0 Å². The van der Waals surface area contributed by atoms with E-state index < -0.39 is 0 Å². The summed E-state index contributed by atoms with van der Waals surface area (Å²) in [6.07, 6.45) is 19.8. The summed E-state index contributed by atoms with van der Waals surface area (Å²) in [7, 11) is 0. The fraction of sp³-hybridized carbons (Fsp3) is 1.00. The molecule has 0 bridgehead atoms. The van der Waals surface area contributed by atoms with Crippen molar-refractivity contribution < 1.29 is 0 Å². The van der Waals surface area contributed by atoms with Gasteiger partial charge in [-0.2, -0.15) is 0 Å². The van der Waals surface area contributed by atoms with Gasteiger partial charge in [0, 0.05) is 0 Å². The van der Waals surface area contributed by atoms with Crippen molar-refractivity contribution in [3.05, 3.63) is 0 Å². The highest BCUT2D eigenvalue weighted by Crippen LogP contribution is 2.35. The van der Waals surface area contributed by atoms with Gasteiger partial charge in [0.25, 0.3) is 0 Å². The fourth-order valence-electron chi connectivity index (χ4n) is 4.41. The van der Waals surface area contributed by atoms with Crippen molar-refractivity contribution in [1.82, 2.24) is 0 Å². The molecule has 0 N–H and O–H groups in total. The van der Waals surface area contributed by atoms with Gasteiger partial charge in [0.1, 0.15) is 0 Å². The first kappa shape index (κ1) is 15.4. The van der Waals surface area contributed by atoms with Crippen LogP contribution in [0.2, 0.25) is 0 Å². The summed E-state index contributed by atoms with van der Waals surface area (Å²) in [5, 5.41) is 0. The van der Waals surface area contributed by atoms with Crippen LogP contribution in [0.1, 0.15) is 97.3 Å². The van der Waals surface area contributed by atoms with Crippen LogP contribution in [0, 0.1) is 23.7 Å². The maximum atomic E-state index is 2.46. The Hall–Kier alpha value is 0. The molecular formula is C19H36. The second kappa shape index (κ2) is 8.32. The van der Waals surface area contributed by atoms with Gasteiger partial charge in [0.2, 0.25) is 0 Å². The van der Waals surface area contributed by atoms with E-state index in [1.165, 1.54) is 64.2 Å². The molecule has 0 heterocycles. The topological polar surface area (TPSA) is 0 Å². The van der Waals surface area contributed by atoms with Crippen LogP contribution in [0.15, 0.2) is 0 Å². The highest BCUT2D eigenvalue weighted by molar-refractivity contribution is 4.74. The fourth-order valence-corrected chi connectivity index (χ4v) is 4.41. The molecule has 0 aromatic carbocycles. The summed E-state index contributed by atoms with van der Waals surface area (Å²) in [6, 6.07) is 0. The van der Waals surface area contributed by atoms with Crippen molar-refractivity contribution in [2.75, 3.05) is 0 Å². The number of rotatable bonds is 2. The lowest BCUT2D eigenvalue weighted by Gasteiger charge is -2.30. The first-order valence-electron chi connectivity index (χ1n) is 9.24. The molecule has 0 heteroatoms.